The largest absolute Gasteiger partial charge is 0.543 e. The molecule has 0 aliphatic heterocycles. The minimum Gasteiger partial charge on any atom is -0.543 e. The van der Waals surface area contributed by atoms with Gasteiger partial charge in [-0.05, 0) is 109 Å². The number of hydrogen-bond acceptors (Lipinski definition) is 2. The van der Waals surface area contributed by atoms with Crippen LogP contribution in [-0.4, -0.2) is 14.6 Å². The highest BCUT2D eigenvalue weighted by Gasteiger charge is 2.53. The molecule has 2 aromatic rings. The fraction of sp³-hybridized carbons (Fsp3) is 0.552. The van der Waals surface area contributed by atoms with Crippen LogP contribution >= 0.6 is 0 Å². The molecule has 4 saturated carbocycles. The summed E-state index contributed by atoms with van der Waals surface area (Å²) < 4.78 is 7.01. The summed E-state index contributed by atoms with van der Waals surface area (Å²) in [6.07, 6.45) is 9.27. The number of benzene rings is 2. The van der Waals surface area contributed by atoms with Crippen molar-refractivity contribution in [1.82, 2.24) is 0 Å². The second-order valence-corrected chi connectivity index (χ2v) is 17.2. The average Bonchev–Trinajstić information content (AvgIpc) is 2.72. The molecule has 0 amide bonds. The van der Waals surface area contributed by atoms with Gasteiger partial charge in [0.15, 0.2) is 0 Å². The van der Waals surface area contributed by atoms with Crippen LogP contribution in [0.5, 0.6) is 5.75 Å². The monoisotopic (exact) mass is 446 g/mol. The highest BCUT2D eigenvalue weighted by Crippen LogP contribution is 2.62. The van der Waals surface area contributed by atoms with E-state index in [4.69, 9.17) is 4.43 Å². The Morgan fingerprint density at radius 3 is 1.91 bits per heavy atom. The van der Waals surface area contributed by atoms with Crippen LogP contribution in [0.25, 0.3) is 11.1 Å². The molecule has 4 aliphatic rings. The molecule has 0 N–H and O–H groups in total. The van der Waals surface area contributed by atoms with E-state index >= 15 is 0 Å². The average molecular weight is 447 g/mol. The summed E-state index contributed by atoms with van der Waals surface area (Å²) in [7, 11) is -1.94. The van der Waals surface area contributed by atoms with Crippen molar-refractivity contribution in [1.29, 1.82) is 0 Å². The van der Waals surface area contributed by atoms with E-state index in [1.807, 2.05) is 12.1 Å². The fourth-order valence-corrected chi connectivity index (χ4v) is 7.87. The number of carbonyl (C=O) groups is 1. The van der Waals surface area contributed by atoms with Crippen molar-refractivity contribution in [3.8, 4) is 16.9 Å². The van der Waals surface area contributed by atoms with Gasteiger partial charge in [-0.2, -0.15) is 0 Å². The summed E-state index contributed by atoms with van der Waals surface area (Å²) in [6.45, 7) is 11.7. The van der Waals surface area contributed by atoms with E-state index in [2.05, 4.69) is 64.2 Å². The minimum atomic E-state index is -1.94. The van der Waals surface area contributed by atoms with Crippen LogP contribution in [-0.2, 0) is 5.41 Å². The second kappa shape index (κ2) is 7.58. The van der Waals surface area contributed by atoms with Gasteiger partial charge in [0.2, 0.25) is 8.32 Å². The number of rotatable bonds is 5. The Labute approximate surface area is 194 Å². The first-order valence-corrected chi connectivity index (χ1v) is 15.4. The maximum Gasteiger partial charge on any atom is 0.250 e. The Morgan fingerprint density at radius 1 is 0.875 bits per heavy atom. The molecule has 32 heavy (non-hydrogen) atoms. The highest BCUT2D eigenvalue weighted by molar-refractivity contribution is 6.74. The van der Waals surface area contributed by atoms with Crippen molar-refractivity contribution in [2.75, 3.05) is 0 Å². The molecule has 0 spiro atoms. The maximum atomic E-state index is 11.1. The van der Waals surface area contributed by atoms with Crippen LogP contribution < -0.4 is 4.43 Å². The quantitative estimate of drug-likeness (QED) is 0.343. The predicted molar refractivity (Wildman–Crippen MR) is 135 cm³/mol. The molecule has 0 atom stereocenters. The SMILES string of the molecule is CC(C)(C)[Si](C)(C)Oc1ccc(-c2ccc(C=O)cc2)cc1C12CC3CC(CC(C3)C1)C2. The molecule has 6 rings (SSSR count). The van der Waals surface area contributed by atoms with Crippen molar-refractivity contribution >= 4 is 14.6 Å². The van der Waals surface area contributed by atoms with E-state index in [0.29, 0.717) is 0 Å². The van der Waals surface area contributed by atoms with Crippen molar-refractivity contribution in [2.24, 2.45) is 17.8 Å². The molecule has 0 aromatic heterocycles. The van der Waals surface area contributed by atoms with Crippen molar-refractivity contribution in [2.45, 2.75) is 82.8 Å². The summed E-state index contributed by atoms with van der Waals surface area (Å²) in [4.78, 5) is 11.1. The van der Waals surface area contributed by atoms with E-state index < -0.39 is 8.32 Å². The third kappa shape index (κ3) is 3.77. The molecular formula is C29H38O2Si. The van der Waals surface area contributed by atoms with Gasteiger partial charge in [0, 0.05) is 5.56 Å². The molecular weight excluding hydrogens is 408 g/mol. The summed E-state index contributed by atoms with van der Waals surface area (Å²) in [6, 6.07) is 14.9. The zero-order valence-corrected chi connectivity index (χ0v) is 21.4. The lowest BCUT2D eigenvalue weighted by atomic mass is 9.48. The third-order valence-electron chi connectivity index (χ3n) is 9.14. The maximum absolute atomic E-state index is 11.1. The predicted octanol–water partition coefficient (Wildman–Crippen LogP) is 8.02. The highest BCUT2D eigenvalue weighted by atomic mass is 28.4. The first-order chi connectivity index (χ1) is 15.1. The van der Waals surface area contributed by atoms with Crippen LogP contribution in [0.4, 0.5) is 0 Å². The second-order valence-electron chi connectivity index (χ2n) is 12.5. The lowest BCUT2D eigenvalue weighted by Gasteiger charge is -2.57. The molecule has 2 nitrogen and oxygen atoms in total. The Morgan fingerprint density at radius 2 is 1.41 bits per heavy atom. The first-order valence-electron chi connectivity index (χ1n) is 12.5. The van der Waals surface area contributed by atoms with E-state index in [1.165, 1.54) is 55.2 Å². The Hall–Kier alpha value is -1.87. The minimum absolute atomic E-state index is 0.176. The smallest absolute Gasteiger partial charge is 0.250 e. The summed E-state index contributed by atoms with van der Waals surface area (Å²) in [5, 5.41) is 0.176. The Bertz CT molecular complexity index is 977. The molecule has 3 heteroatoms. The van der Waals surface area contributed by atoms with Gasteiger partial charge in [-0.25, -0.2) is 0 Å². The van der Waals surface area contributed by atoms with E-state index in [-0.39, 0.29) is 10.5 Å². The topological polar surface area (TPSA) is 26.3 Å². The normalized spacial score (nSPS) is 29.2. The standard InChI is InChI=1S/C29H38O2Si/c1-28(2,3)32(4,5)31-27-11-10-25(24-8-6-20(19-30)7-9-24)15-26(27)29-16-21-12-22(17-29)14-23(13-21)18-29/h6-11,15,19,21-23H,12-14,16-18H2,1-5H3. The van der Waals surface area contributed by atoms with E-state index in [0.717, 1.165) is 35.4 Å². The molecule has 0 heterocycles. The molecule has 0 unspecified atom stereocenters. The van der Waals surface area contributed by atoms with Gasteiger partial charge in [-0.1, -0.05) is 51.1 Å². The zero-order chi connectivity index (χ0) is 22.7. The summed E-state index contributed by atoms with van der Waals surface area (Å²) in [5.41, 5.74) is 4.91. The molecule has 4 bridgehead atoms. The van der Waals surface area contributed by atoms with Crippen molar-refractivity contribution in [3.63, 3.8) is 0 Å². The molecule has 170 valence electrons. The summed E-state index contributed by atoms with van der Waals surface area (Å²) in [5.74, 6) is 3.85. The van der Waals surface area contributed by atoms with E-state index in [1.54, 1.807) is 0 Å². The lowest BCUT2D eigenvalue weighted by molar-refractivity contribution is -0.00584. The van der Waals surface area contributed by atoms with Gasteiger partial charge < -0.3 is 4.43 Å². The molecule has 0 radical (unpaired) electrons. The third-order valence-corrected chi connectivity index (χ3v) is 13.5. The van der Waals surface area contributed by atoms with Gasteiger partial charge >= 0.3 is 0 Å². The van der Waals surface area contributed by atoms with E-state index in [9.17, 15) is 4.79 Å². The van der Waals surface area contributed by atoms with Crippen LogP contribution in [0.2, 0.25) is 18.1 Å². The van der Waals surface area contributed by atoms with Crippen LogP contribution in [0.15, 0.2) is 42.5 Å². The van der Waals surface area contributed by atoms with Crippen molar-refractivity contribution < 1.29 is 9.22 Å². The van der Waals surface area contributed by atoms with Gasteiger partial charge in [-0.3, -0.25) is 4.79 Å². The number of hydrogen-bond donors (Lipinski definition) is 0. The number of carbonyl (C=O) groups excluding carboxylic acids is 1. The van der Waals surface area contributed by atoms with Crippen LogP contribution in [0.1, 0.15) is 75.2 Å². The molecule has 4 fully saturated rings. The lowest BCUT2D eigenvalue weighted by Crippen LogP contribution is -2.49. The number of aldehydes is 1. The summed E-state index contributed by atoms with van der Waals surface area (Å²) >= 11 is 0. The molecule has 0 saturated heterocycles. The molecule has 4 aliphatic carbocycles. The fourth-order valence-electron chi connectivity index (χ4n) is 6.84. The first kappa shape index (κ1) is 21.9. The van der Waals surface area contributed by atoms with Gasteiger partial charge in [0.25, 0.3) is 0 Å². The molecule has 2 aromatic carbocycles. The van der Waals surface area contributed by atoms with Crippen LogP contribution in [0, 0.1) is 17.8 Å². The van der Waals surface area contributed by atoms with Gasteiger partial charge in [-0.15, -0.1) is 0 Å². The van der Waals surface area contributed by atoms with Crippen LogP contribution in [0.3, 0.4) is 0 Å². The van der Waals surface area contributed by atoms with Gasteiger partial charge in [0.05, 0.1) is 0 Å². The zero-order valence-electron chi connectivity index (χ0n) is 20.4. The Kier molecular flexibility index (Phi) is 5.20. The van der Waals surface area contributed by atoms with Gasteiger partial charge in [0.1, 0.15) is 12.0 Å². The van der Waals surface area contributed by atoms with Crippen molar-refractivity contribution in [3.05, 3.63) is 53.6 Å². The Balaban J connectivity index is 1.60.